The van der Waals surface area contributed by atoms with E-state index < -0.39 is 5.41 Å². The van der Waals surface area contributed by atoms with Crippen molar-refractivity contribution in [3.8, 4) is 0 Å². The normalized spacial score (nSPS) is 13.7. The minimum Gasteiger partial charge on any atom is -0.396 e. The van der Waals surface area contributed by atoms with E-state index in [2.05, 4.69) is 5.32 Å². The van der Waals surface area contributed by atoms with E-state index in [4.69, 9.17) is 10.2 Å². The van der Waals surface area contributed by atoms with E-state index in [1.54, 1.807) is 25.1 Å². The van der Waals surface area contributed by atoms with Crippen LogP contribution in [0, 0.1) is 11.2 Å². The Bertz CT molecular complexity index is 353. The van der Waals surface area contributed by atoms with Gasteiger partial charge in [0.25, 0.3) is 0 Å². The van der Waals surface area contributed by atoms with Crippen molar-refractivity contribution in [1.82, 2.24) is 5.32 Å². The van der Waals surface area contributed by atoms with Crippen molar-refractivity contribution in [3.05, 3.63) is 35.6 Å². The van der Waals surface area contributed by atoms with Gasteiger partial charge in [0.1, 0.15) is 5.82 Å². The van der Waals surface area contributed by atoms with Crippen molar-refractivity contribution >= 4 is 0 Å². The molecule has 0 heterocycles. The number of nitrogens with one attached hydrogen (secondary N) is 1. The van der Waals surface area contributed by atoms with Crippen molar-refractivity contribution in [2.24, 2.45) is 5.41 Å². The van der Waals surface area contributed by atoms with Crippen LogP contribution in [0.3, 0.4) is 0 Å². The van der Waals surface area contributed by atoms with Crippen LogP contribution >= 0.6 is 0 Å². The summed E-state index contributed by atoms with van der Waals surface area (Å²) < 4.78 is 13.5. The summed E-state index contributed by atoms with van der Waals surface area (Å²) in [6.07, 6.45) is 0. The molecule has 0 spiro atoms. The Hall–Kier alpha value is -0.970. The van der Waals surface area contributed by atoms with E-state index >= 15 is 0 Å². The van der Waals surface area contributed by atoms with Crippen LogP contribution in [0.1, 0.15) is 25.5 Å². The zero-order valence-electron chi connectivity index (χ0n) is 10.3. The first-order valence-electron chi connectivity index (χ1n) is 5.72. The molecule has 96 valence electrons. The molecule has 1 aromatic carbocycles. The van der Waals surface area contributed by atoms with Crippen molar-refractivity contribution in [2.75, 3.05) is 19.8 Å². The number of rotatable bonds is 6. The Morgan fingerprint density at radius 2 is 1.88 bits per heavy atom. The standard InChI is InChI=1S/C13H20FNO2/c1-10(11-5-3-4-6-12(11)14)15-7-13(2,8-16)9-17/h3-6,10,15-17H,7-9H2,1-2H3. The fourth-order valence-electron chi connectivity index (χ4n) is 1.50. The maximum Gasteiger partial charge on any atom is 0.127 e. The van der Waals surface area contributed by atoms with Gasteiger partial charge < -0.3 is 15.5 Å². The average Bonchev–Trinajstić information content (AvgIpc) is 2.36. The van der Waals surface area contributed by atoms with Crippen molar-refractivity contribution in [1.29, 1.82) is 0 Å². The lowest BCUT2D eigenvalue weighted by molar-refractivity contribution is 0.0676. The Labute approximate surface area is 101 Å². The van der Waals surface area contributed by atoms with E-state index in [0.29, 0.717) is 12.1 Å². The summed E-state index contributed by atoms with van der Waals surface area (Å²) in [5.41, 5.74) is 0.00483. The van der Waals surface area contributed by atoms with Crippen LogP contribution in [0.15, 0.2) is 24.3 Å². The molecule has 0 amide bonds. The molecule has 0 fully saturated rings. The highest BCUT2D eigenvalue weighted by Gasteiger charge is 2.23. The minimum atomic E-state index is -0.584. The van der Waals surface area contributed by atoms with Crippen LogP contribution in [0.2, 0.25) is 0 Å². The van der Waals surface area contributed by atoms with Crippen molar-refractivity contribution < 1.29 is 14.6 Å². The van der Waals surface area contributed by atoms with E-state index in [0.717, 1.165) is 0 Å². The first-order valence-corrected chi connectivity index (χ1v) is 5.72. The summed E-state index contributed by atoms with van der Waals surface area (Å²) in [5.74, 6) is -0.248. The predicted molar refractivity (Wildman–Crippen MR) is 65.1 cm³/mol. The minimum absolute atomic E-state index is 0.111. The third-order valence-corrected chi connectivity index (χ3v) is 2.97. The topological polar surface area (TPSA) is 52.5 Å². The fourth-order valence-corrected chi connectivity index (χ4v) is 1.50. The molecule has 1 aromatic rings. The lowest BCUT2D eigenvalue weighted by atomic mass is 9.92. The molecular weight excluding hydrogens is 221 g/mol. The smallest absolute Gasteiger partial charge is 0.127 e. The zero-order valence-corrected chi connectivity index (χ0v) is 10.3. The molecule has 1 unspecified atom stereocenters. The van der Waals surface area contributed by atoms with Gasteiger partial charge in [0.2, 0.25) is 0 Å². The molecule has 0 aliphatic rings. The van der Waals surface area contributed by atoms with Crippen LogP contribution < -0.4 is 5.32 Å². The molecule has 0 aliphatic carbocycles. The summed E-state index contributed by atoms with van der Waals surface area (Å²) in [6, 6.07) is 6.42. The SMILES string of the molecule is CC(NCC(C)(CO)CO)c1ccccc1F. The van der Waals surface area contributed by atoms with Gasteiger partial charge in [-0.3, -0.25) is 0 Å². The largest absolute Gasteiger partial charge is 0.396 e. The van der Waals surface area contributed by atoms with Crippen LogP contribution in [0.5, 0.6) is 0 Å². The van der Waals surface area contributed by atoms with Crippen LogP contribution in [-0.4, -0.2) is 30.0 Å². The Balaban J connectivity index is 2.62. The highest BCUT2D eigenvalue weighted by atomic mass is 19.1. The van der Waals surface area contributed by atoms with Crippen molar-refractivity contribution in [3.63, 3.8) is 0 Å². The molecule has 0 aliphatic heterocycles. The second kappa shape index (κ2) is 6.10. The molecule has 3 N–H and O–H groups in total. The van der Waals surface area contributed by atoms with Gasteiger partial charge >= 0.3 is 0 Å². The van der Waals surface area contributed by atoms with E-state index in [9.17, 15) is 4.39 Å². The Kier molecular flexibility index (Phi) is 5.05. The highest BCUT2D eigenvalue weighted by Crippen LogP contribution is 2.19. The molecule has 1 rings (SSSR count). The molecule has 0 radical (unpaired) electrons. The van der Waals surface area contributed by atoms with Gasteiger partial charge in [0, 0.05) is 23.6 Å². The maximum atomic E-state index is 13.5. The fraction of sp³-hybridized carbons (Fsp3) is 0.538. The molecule has 17 heavy (non-hydrogen) atoms. The summed E-state index contributed by atoms with van der Waals surface area (Å²) >= 11 is 0. The number of hydrogen-bond acceptors (Lipinski definition) is 3. The van der Waals surface area contributed by atoms with Gasteiger partial charge in [0.05, 0.1) is 13.2 Å². The van der Waals surface area contributed by atoms with Gasteiger partial charge in [-0.15, -0.1) is 0 Å². The number of hydrogen-bond donors (Lipinski definition) is 3. The molecule has 0 saturated carbocycles. The Morgan fingerprint density at radius 3 is 2.41 bits per heavy atom. The second-order valence-corrected chi connectivity index (χ2v) is 4.75. The lowest BCUT2D eigenvalue weighted by Crippen LogP contribution is -2.39. The van der Waals surface area contributed by atoms with Crippen LogP contribution in [0.25, 0.3) is 0 Å². The quantitative estimate of drug-likeness (QED) is 0.707. The molecule has 0 aromatic heterocycles. The number of aliphatic hydroxyl groups is 2. The third-order valence-electron chi connectivity index (χ3n) is 2.97. The van der Waals surface area contributed by atoms with Crippen LogP contribution in [-0.2, 0) is 0 Å². The number of benzene rings is 1. The van der Waals surface area contributed by atoms with E-state index in [1.165, 1.54) is 6.07 Å². The van der Waals surface area contributed by atoms with Gasteiger partial charge in [-0.25, -0.2) is 4.39 Å². The molecule has 4 heteroatoms. The first kappa shape index (κ1) is 14.1. The highest BCUT2D eigenvalue weighted by molar-refractivity contribution is 5.20. The molecule has 1 atom stereocenters. The van der Waals surface area contributed by atoms with Gasteiger partial charge in [-0.1, -0.05) is 25.1 Å². The summed E-state index contributed by atoms with van der Waals surface area (Å²) in [6.45, 7) is 3.83. The van der Waals surface area contributed by atoms with Gasteiger partial charge in [-0.05, 0) is 13.0 Å². The lowest BCUT2D eigenvalue weighted by Gasteiger charge is -2.27. The average molecular weight is 241 g/mol. The van der Waals surface area contributed by atoms with Crippen molar-refractivity contribution in [2.45, 2.75) is 19.9 Å². The Morgan fingerprint density at radius 1 is 1.29 bits per heavy atom. The molecular formula is C13H20FNO2. The summed E-state index contributed by atoms with van der Waals surface area (Å²) in [5, 5.41) is 21.4. The van der Waals surface area contributed by atoms with Crippen LogP contribution in [0.4, 0.5) is 4.39 Å². The monoisotopic (exact) mass is 241 g/mol. The zero-order chi connectivity index (χ0) is 12.9. The number of halogens is 1. The predicted octanol–water partition coefficient (Wildman–Crippen LogP) is 1.47. The molecule has 0 bridgehead atoms. The molecule has 3 nitrogen and oxygen atoms in total. The summed E-state index contributed by atoms with van der Waals surface area (Å²) in [4.78, 5) is 0. The maximum absolute atomic E-state index is 13.5. The number of aliphatic hydroxyl groups excluding tert-OH is 2. The van der Waals surface area contributed by atoms with Gasteiger partial charge in [0.15, 0.2) is 0 Å². The van der Waals surface area contributed by atoms with Gasteiger partial charge in [-0.2, -0.15) is 0 Å². The third kappa shape index (κ3) is 3.77. The molecule has 0 saturated heterocycles. The first-order chi connectivity index (χ1) is 8.02. The summed E-state index contributed by atoms with van der Waals surface area (Å²) in [7, 11) is 0. The van der Waals surface area contributed by atoms with E-state index in [-0.39, 0.29) is 25.1 Å². The van der Waals surface area contributed by atoms with E-state index in [1.807, 2.05) is 6.92 Å². The second-order valence-electron chi connectivity index (χ2n) is 4.75.